The largest absolute Gasteiger partial charge is 0.481 e. The number of esters is 2. The minimum atomic E-state index is -0.679. The zero-order valence-corrected chi connectivity index (χ0v) is 22.0. The van der Waals surface area contributed by atoms with Gasteiger partial charge < -0.3 is 19.5 Å². The molecule has 1 fully saturated rings. The van der Waals surface area contributed by atoms with Crippen LogP contribution in [-0.2, 0) is 23.9 Å². The number of amides is 3. The van der Waals surface area contributed by atoms with Crippen molar-refractivity contribution in [3.63, 3.8) is 0 Å². The first kappa shape index (κ1) is 27.2. The fourth-order valence-electron chi connectivity index (χ4n) is 2.92. The highest BCUT2D eigenvalue weighted by molar-refractivity contribution is 9.10. The molecule has 0 aliphatic carbocycles. The Kier molecular flexibility index (Phi) is 9.13. The van der Waals surface area contributed by atoms with E-state index in [1.54, 1.807) is 18.2 Å². The maximum atomic E-state index is 12.8. The van der Waals surface area contributed by atoms with E-state index in [-0.39, 0.29) is 27.8 Å². The first-order valence-electron chi connectivity index (χ1n) is 10.0. The molecule has 1 saturated heterocycles. The van der Waals surface area contributed by atoms with Crippen molar-refractivity contribution >= 4 is 80.0 Å². The first-order chi connectivity index (χ1) is 17.1. The van der Waals surface area contributed by atoms with Crippen molar-refractivity contribution in [3.8, 4) is 5.75 Å². The summed E-state index contributed by atoms with van der Waals surface area (Å²) in [5, 5.41) is 2.06. The number of hydrogen-bond acceptors (Lipinski definition) is 9. The zero-order chi connectivity index (χ0) is 26.4. The number of imide groups is 1. The molecule has 0 aromatic heterocycles. The van der Waals surface area contributed by atoms with E-state index >= 15 is 0 Å². The molecule has 0 unspecified atom stereocenters. The van der Waals surface area contributed by atoms with Crippen LogP contribution in [-0.4, -0.2) is 61.3 Å². The van der Waals surface area contributed by atoms with Crippen molar-refractivity contribution in [1.29, 1.82) is 0 Å². The van der Waals surface area contributed by atoms with Gasteiger partial charge in [-0.15, -0.1) is 0 Å². The quantitative estimate of drug-likeness (QED) is 0.353. The van der Waals surface area contributed by atoms with Crippen molar-refractivity contribution in [2.24, 2.45) is 0 Å². The van der Waals surface area contributed by atoms with Crippen LogP contribution in [0.3, 0.4) is 0 Å². The second-order valence-corrected chi connectivity index (χ2v) is 9.31. The van der Waals surface area contributed by atoms with Crippen LogP contribution in [0.25, 0.3) is 6.08 Å². The number of nitrogens with zero attached hydrogens (tertiary/aromatic N) is 1. The molecule has 0 saturated carbocycles. The van der Waals surface area contributed by atoms with Crippen molar-refractivity contribution in [1.82, 2.24) is 4.90 Å². The summed E-state index contributed by atoms with van der Waals surface area (Å²) in [5.41, 5.74) is 0.879. The van der Waals surface area contributed by atoms with Gasteiger partial charge in [-0.2, -0.15) is 0 Å². The van der Waals surface area contributed by atoms with Crippen LogP contribution < -0.4 is 10.1 Å². The lowest BCUT2D eigenvalue weighted by Gasteiger charge is -2.13. The minimum Gasteiger partial charge on any atom is -0.481 e. The fourth-order valence-corrected chi connectivity index (χ4v) is 4.46. The maximum absolute atomic E-state index is 12.8. The lowest BCUT2D eigenvalue weighted by atomic mass is 10.2. The van der Waals surface area contributed by atoms with E-state index < -0.39 is 35.5 Å². The van der Waals surface area contributed by atoms with E-state index in [9.17, 15) is 24.0 Å². The van der Waals surface area contributed by atoms with Crippen molar-refractivity contribution in [3.05, 3.63) is 61.9 Å². The molecule has 2 aromatic carbocycles. The Morgan fingerprint density at radius 1 is 1.11 bits per heavy atom. The normalized spacial score (nSPS) is 14.1. The lowest BCUT2D eigenvalue weighted by Crippen LogP contribution is -2.36. The standard InChI is InChI=1S/C23H18BrClN2O8S/c1-33-20(29)11-35-17-6-3-12(7-15(17)24)8-18-21(30)27(23(32)36-18)10-19(28)26-13-4-5-16(25)14(9-13)22(31)34-2/h3-9H,10-11H2,1-2H3,(H,26,28)/b18-8+. The maximum Gasteiger partial charge on any atom is 0.343 e. The molecule has 0 spiro atoms. The predicted octanol–water partition coefficient (Wildman–Crippen LogP) is 4.12. The van der Waals surface area contributed by atoms with Gasteiger partial charge in [0.1, 0.15) is 12.3 Å². The Balaban J connectivity index is 1.67. The van der Waals surface area contributed by atoms with E-state index in [2.05, 4.69) is 30.7 Å². The van der Waals surface area contributed by atoms with Crippen LogP contribution in [0.2, 0.25) is 5.02 Å². The van der Waals surface area contributed by atoms with Crippen LogP contribution in [0.4, 0.5) is 10.5 Å². The Hall–Kier alpha value is -3.35. The Labute approximate surface area is 223 Å². The number of nitrogens with one attached hydrogen (secondary N) is 1. The number of carbonyl (C=O) groups is 5. The van der Waals surface area contributed by atoms with Gasteiger partial charge in [-0.05, 0) is 69.7 Å². The van der Waals surface area contributed by atoms with Crippen LogP contribution in [0.5, 0.6) is 5.75 Å². The molecule has 13 heteroatoms. The smallest absolute Gasteiger partial charge is 0.343 e. The molecular weight excluding hydrogens is 580 g/mol. The molecule has 1 heterocycles. The second kappa shape index (κ2) is 12.1. The van der Waals surface area contributed by atoms with Crippen molar-refractivity contribution in [2.75, 3.05) is 32.7 Å². The molecule has 0 radical (unpaired) electrons. The molecule has 3 amide bonds. The van der Waals surface area contributed by atoms with Gasteiger partial charge in [-0.3, -0.25) is 19.3 Å². The summed E-state index contributed by atoms with van der Waals surface area (Å²) in [6.45, 7) is -0.794. The van der Waals surface area contributed by atoms with E-state index in [1.807, 2.05) is 0 Å². The van der Waals surface area contributed by atoms with Gasteiger partial charge in [0.25, 0.3) is 11.1 Å². The summed E-state index contributed by atoms with van der Waals surface area (Å²) in [6, 6.07) is 9.08. The molecule has 1 aliphatic rings. The van der Waals surface area contributed by atoms with Gasteiger partial charge in [0.05, 0.1) is 34.2 Å². The van der Waals surface area contributed by atoms with Crippen LogP contribution in [0.1, 0.15) is 15.9 Å². The Bertz CT molecular complexity index is 1280. The molecule has 2 aromatic rings. The molecular formula is C23H18BrClN2O8S. The average molecular weight is 598 g/mol. The van der Waals surface area contributed by atoms with Crippen molar-refractivity contribution < 1.29 is 38.2 Å². The Morgan fingerprint density at radius 2 is 1.86 bits per heavy atom. The van der Waals surface area contributed by atoms with E-state index in [0.717, 1.165) is 4.90 Å². The molecule has 0 atom stereocenters. The third kappa shape index (κ3) is 6.65. The lowest BCUT2D eigenvalue weighted by molar-refractivity contribution is -0.143. The monoisotopic (exact) mass is 596 g/mol. The zero-order valence-electron chi connectivity index (χ0n) is 18.8. The molecule has 3 rings (SSSR count). The van der Waals surface area contributed by atoms with Gasteiger partial charge in [0.15, 0.2) is 6.61 Å². The van der Waals surface area contributed by atoms with Gasteiger partial charge in [0, 0.05) is 5.69 Å². The SMILES string of the molecule is COC(=O)COc1ccc(/C=C2/SC(=O)N(CC(=O)Nc3ccc(Cl)c(C(=O)OC)c3)C2=O)cc1Br. The summed E-state index contributed by atoms with van der Waals surface area (Å²) in [4.78, 5) is 61.6. The van der Waals surface area contributed by atoms with Gasteiger partial charge >= 0.3 is 11.9 Å². The van der Waals surface area contributed by atoms with E-state index in [0.29, 0.717) is 27.5 Å². The highest BCUT2D eigenvalue weighted by Gasteiger charge is 2.36. The number of thioether (sulfide) groups is 1. The predicted molar refractivity (Wildman–Crippen MR) is 136 cm³/mol. The number of methoxy groups -OCH3 is 2. The number of anilines is 1. The highest BCUT2D eigenvalue weighted by atomic mass is 79.9. The van der Waals surface area contributed by atoms with E-state index in [4.69, 9.17) is 16.3 Å². The topological polar surface area (TPSA) is 128 Å². The number of rotatable bonds is 8. The number of hydrogen-bond donors (Lipinski definition) is 1. The summed E-state index contributed by atoms with van der Waals surface area (Å²) >= 11 is 9.99. The molecule has 0 bridgehead atoms. The van der Waals surface area contributed by atoms with Crippen LogP contribution in [0.15, 0.2) is 45.8 Å². The number of halogens is 2. The molecule has 10 nitrogen and oxygen atoms in total. The summed E-state index contributed by atoms with van der Waals surface area (Å²) < 4.78 is 15.0. The second-order valence-electron chi connectivity index (χ2n) is 7.06. The molecule has 1 aliphatic heterocycles. The number of carbonyl (C=O) groups excluding carboxylic acids is 5. The van der Waals surface area contributed by atoms with Crippen LogP contribution >= 0.6 is 39.3 Å². The van der Waals surface area contributed by atoms with E-state index in [1.165, 1.54) is 38.5 Å². The summed E-state index contributed by atoms with van der Waals surface area (Å²) in [5.74, 6) is -2.11. The Morgan fingerprint density at radius 3 is 2.53 bits per heavy atom. The first-order valence-corrected chi connectivity index (χ1v) is 12.0. The third-order valence-electron chi connectivity index (χ3n) is 4.66. The van der Waals surface area contributed by atoms with Gasteiger partial charge in [-0.25, -0.2) is 9.59 Å². The summed E-state index contributed by atoms with van der Waals surface area (Å²) in [6.07, 6.45) is 1.50. The fraction of sp³-hybridized carbons (Fsp3) is 0.174. The number of benzene rings is 2. The van der Waals surface area contributed by atoms with Crippen molar-refractivity contribution in [2.45, 2.75) is 0 Å². The molecule has 188 valence electrons. The molecule has 36 heavy (non-hydrogen) atoms. The average Bonchev–Trinajstić information content (AvgIpc) is 3.11. The van der Waals surface area contributed by atoms with Gasteiger partial charge in [-0.1, -0.05) is 17.7 Å². The van der Waals surface area contributed by atoms with Gasteiger partial charge in [0.2, 0.25) is 5.91 Å². The molecule has 1 N–H and O–H groups in total. The van der Waals surface area contributed by atoms with Crippen LogP contribution in [0, 0.1) is 0 Å². The summed E-state index contributed by atoms with van der Waals surface area (Å²) in [7, 11) is 2.45. The minimum absolute atomic E-state index is 0.0546. The third-order valence-corrected chi connectivity index (χ3v) is 6.51. The number of ether oxygens (including phenoxy) is 3. The highest BCUT2D eigenvalue weighted by Crippen LogP contribution is 2.34.